The Bertz CT molecular complexity index is 620. The van der Waals surface area contributed by atoms with Crippen LogP contribution in [-0.2, 0) is 9.59 Å². The lowest BCUT2D eigenvalue weighted by Crippen LogP contribution is -2.12. The van der Waals surface area contributed by atoms with Gasteiger partial charge in [0.1, 0.15) is 0 Å². The van der Waals surface area contributed by atoms with E-state index in [1.165, 1.54) is 13.8 Å². The first kappa shape index (κ1) is 12.1. The molecule has 0 aromatic heterocycles. The van der Waals surface area contributed by atoms with Gasteiger partial charge >= 0.3 is 0 Å². The highest BCUT2D eigenvalue weighted by Crippen LogP contribution is 2.31. The van der Waals surface area contributed by atoms with Crippen molar-refractivity contribution in [1.29, 1.82) is 0 Å². The van der Waals surface area contributed by atoms with Gasteiger partial charge in [-0.3, -0.25) is 9.59 Å². The summed E-state index contributed by atoms with van der Waals surface area (Å²) in [5, 5.41) is 7.40. The van der Waals surface area contributed by atoms with E-state index >= 15 is 0 Å². The molecule has 2 aromatic rings. The number of rotatable bonds is 2. The van der Waals surface area contributed by atoms with Gasteiger partial charge in [0.2, 0.25) is 11.8 Å². The lowest BCUT2D eigenvalue weighted by Gasteiger charge is -2.13. The van der Waals surface area contributed by atoms with Crippen molar-refractivity contribution in [3.63, 3.8) is 0 Å². The van der Waals surface area contributed by atoms with Crippen LogP contribution in [-0.4, -0.2) is 11.8 Å². The Labute approximate surface area is 105 Å². The highest BCUT2D eigenvalue weighted by atomic mass is 16.2. The molecule has 2 N–H and O–H groups in total. The zero-order chi connectivity index (χ0) is 13.1. The molecule has 0 radical (unpaired) electrons. The Morgan fingerprint density at radius 1 is 0.889 bits per heavy atom. The molecule has 2 aromatic carbocycles. The van der Waals surface area contributed by atoms with Crippen molar-refractivity contribution in [3.8, 4) is 0 Å². The molecule has 0 unspecified atom stereocenters. The van der Waals surface area contributed by atoms with Crippen LogP contribution in [0.25, 0.3) is 10.8 Å². The average Bonchev–Trinajstić information content (AvgIpc) is 2.31. The summed E-state index contributed by atoms with van der Waals surface area (Å²) in [6.07, 6.45) is 0. The summed E-state index contributed by atoms with van der Waals surface area (Å²) in [6, 6.07) is 11.4. The number of anilines is 2. The maximum Gasteiger partial charge on any atom is 0.221 e. The predicted molar refractivity (Wildman–Crippen MR) is 72.6 cm³/mol. The van der Waals surface area contributed by atoms with E-state index < -0.39 is 0 Å². The number of carbonyl (C=O) groups excluding carboxylic acids is 2. The van der Waals surface area contributed by atoms with Gasteiger partial charge in [-0.15, -0.1) is 0 Å². The smallest absolute Gasteiger partial charge is 0.221 e. The fourth-order valence-electron chi connectivity index (χ4n) is 1.88. The monoisotopic (exact) mass is 242 g/mol. The van der Waals surface area contributed by atoms with Crippen LogP contribution in [0.5, 0.6) is 0 Å². The quantitative estimate of drug-likeness (QED) is 0.850. The molecule has 0 aliphatic heterocycles. The Hall–Kier alpha value is -2.36. The van der Waals surface area contributed by atoms with Gasteiger partial charge in [0.15, 0.2) is 0 Å². The van der Waals surface area contributed by atoms with Crippen molar-refractivity contribution < 1.29 is 9.59 Å². The van der Waals surface area contributed by atoms with E-state index in [1.54, 1.807) is 6.07 Å². The summed E-state index contributed by atoms with van der Waals surface area (Å²) in [6.45, 7) is 2.88. The van der Waals surface area contributed by atoms with E-state index in [2.05, 4.69) is 10.6 Å². The van der Waals surface area contributed by atoms with Gasteiger partial charge < -0.3 is 10.6 Å². The maximum absolute atomic E-state index is 11.3. The highest BCUT2D eigenvalue weighted by molar-refractivity contribution is 6.09. The second-order valence-electron chi connectivity index (χ2n) is 4.07. The van der Waals surface area contributed by atoms with Crippen molar-refractivity contribution in [2.24, 2.45) is 0 Å². The molecule has 18 heavy (non-hydrogen) atoms. The number of hydrogen-bond acceptors (Lipinski definition) is 2. The molecule has 4 heteroatoms. The molecule has 92 valence electrons. The predicted octanol–water partition coefficient (Wildman–Crippen LogP) is 2.76. The van der Waals surface area contributed by atoms with Gasteiger partial charge in [0.05, 0.1) is 11.4 Å². The van der Waals surface area contributed by atoms with Crippen molar-refractivity contribution >= 4 is 34.0 Å². The highest BCUT2D eigenvalue weighted by Gasteiger charge is 2.09. The second kappa shape index (κ2) is 4.87. The fourth-order valence-corrected chi connectivity index (χ4v) is 1.88. The molecule has 0 heterocycles. The second-order valence-corrected chi connectivity index (χ2v) is 4.07. The minimum absolute atomic E-state index is 0.169. The minimum Gasteiger partial charge on any atom is -0.325 e. The molecule has 0 aliphatic rings. The number of hydrogen-bond donors (Lipinski definition) is 2. The normalized spacial score (nSPS) is 10.1. The summed E-state index contributed by atoms with van der Waals surface area (Å²) in [5.41, 5.74) is 1.24. The zero-order valence-electron chi connectivity index (χ0n) is 10.3. The van der Waals surface area contributed by atoms with Gasteiger partial charge in [-0.2, -0.15) is 0 Å². The summed E-state index contributed by atoms with van der Waals surface area (Å²) in [7, 11) is 0. The van der Waals surface area contributed by atoms with Crippen molar-refractivity contribution in [1.82, 2.24) is 0 Å². The van der Waals surface area contributed by atoms with E-state index in [-0.39, 0.29) is 11.8 Å². The minimum atomic E-state index is -0.170. The van der Waals surface area contributed by atoms with Crippen LogP contribution in [0.3, 0.4) is 0 Å². The summed E-state index contributed by atoms with van der Waals surface area (Å²) in [5.74, 6) is -0.338. The van der Waals surface area contributed by atoms with Crippen LogP contribution in [0.2, 0.25) is 0 Å². The number of fused-ring (bicyclic) bond motifs is 1. The van der Waals surface area contributed by atoms with Gasteiger partial charge in [0.25, 0.3) is 0 Å². The maximum atomic E-state index is 11.3. The molecule has 0 fully saturated rings. The van der Waals surface area contributed by atoms with E-state index in [0.29, 0.717) is 11.4 Å². The standard InChI is InChI=1S/C14H14N2O2/c1-9(17)15-13-8-7-11-5-3-4-6-12(11)14(13)16-10(2)18/h3-8H,1-2H3,(H,15,17)(H,16,18). The van der Waals surface area contributed by atoms with Gasteiger partial charge in [-0.05, 0) is 11.5 Å². The topological polar surface area (TPSA) is 58.2 Å². The Balaban J connectivity index is 2.62. The number of benzene rings is 2. The average molecular weight is 242 g/mol. The lowest BCUT2D eigenvalue weighted by atomic mass is 10.1. The van der Waals surface area contributed by atoms with E-state index in [4.69, 9.17) is 0 Å². The molecular weight excluding hydrogens is 228 g/mol. The molecule has 0 saturated heterocycles. The van der Waals surface area contributed by atoms with Crippen LogP contribution < -0.4 is 10.6 Å². The molecule has 0 aliphatic carbocycles. The van der Waals surface area contributed by atoms with Crippen LogP contribution in [0.4, 0.5) is 11.4 Å². The Morgan fingerprint density at radius 3 is 2.22 bits per heavy atom. The van der Waals surface area contributed by atoms with Crippen LogP contribution in [0, 0.1) is 0 Å². The largest absolute Gasteiger partial charge is 0.325 e. The third-order valence-corrected chi connectivity index (χ3v) is 2.54. The van der Waals surface area contributed by atoms with Crippen molar-refractivity contribution in [3.05, 3.63) is 36.4 Å². The van der Waals surface area contributed by atoms with E-state index in [1.807, 2.05) is 30.3 Å². The van der Waals surface area contributed by atoms with Crippen molar-refractivity contribution in [2.45, 2.75) is 13.8 Å². The van der Waals surface area contributed by atoms with Crippen LogP contribution in [0.1, 0.15) is 13.8 Å². The molecule has 0 bridgehead atoms. The molecular formula is C14H14N2O2. The number of amides is 2. The third-order valence-electron chi connectivity index (χ3n) is 2.54. The first-order valence-corrected chi connectivity index (χ1v) is 5.65. The SMILES string of the molecule is CC(=O)Nc1ccc2ccccc2c1NC(C)=O. The van der Waals surface area contributed by atoms with Gasteiger partial charge in [0, 0.05) is 19.2 Å². The summed E-state index contributed by atoms with van der Waals surface area (Å²) in [4.78, 5) is 22.4. The first-order valence-electron chi connectivity index (χ1n) is 5.65. The first-order chi connectivity index (χ1) is 8.58. The summed E-state index contributed by atoms with van der Waals surface area (Å²) < 4.78 is 0. The molecule has 0 spiro atoms. The summed E-state index contributed by atoms with van der Waals surface area (Å²) >= 11 is 0. The Kier molecular flexibility index (Phi) is 3.28. The lowest BCUT2D eigenvalue weighted by molar-refractivity contribution is -0.115. The van der Waals surface area contributed by atoms with Gasteiger partial charge in [-0.25, -0.2) is 0 Å². The molecule has 0 atom stereocenters. The Morgan fingerprint density at radius 2 is 1.56 bits per heavy atom. The van der Waals surface area contributed by atoms with Crippen LogP contribution >= 0.6 is 0 Å². The number of carbonyl (C=O) groups is 2. The fraction of sp³-hybridized carbons (Fsp3) is 0.143. The van der Waals surface area contributed by atoms with Gasteiger partial charge in [-0.1, -0.05) is 30.3 Å². The molecule has 2 amide bonds. The van der Waals surface area contributed by atoms with Crippen molar-refractivity contribution in [2.75, 3.05) is 10.6 Å². The number of nitrogens with one attached hydrogen (secondary N) is 2. The van der Waals surface area contributed by atoms with E-state index in [0.717, 1.165) is 10.8 Å². The van der Waals surface area contributed by atoms with E-state index in [9.17, 15) is 9.59 Å². The molecule has 0 saturated carbocycles. The zero-order valence-corrected chi connectivity index (χ0v) is 10.3. The molecule has 4 nitrogen and oxygen atoms in total. The molecule has 2 rings (SSSR count). The van der Waals surface area contributed by atoms with Crippen LogP contribution in [0.15, 0.2) is 36.4 Å². The third kappa shape index (κ3) is 2.48.